The van der Waals surface area contributed by atoms with E-state index in [-0.39, 0.29) is 12.1 Å². The molecular weight excluding hydrogens is 326 g/mol. The fourth-order valence-electron chi connectivity index (χ4n) is 1.89. The van der Waals surface area contributed by atoms with Crippen molar-refractivity contribution in [3.63, 3.8) is 0 Å². The number of thiophene rings is 1. The Morgan fingerprint density at radius 3 is 2.52 bits per heavy atom. The second-order valence-corrected chi connectivity index (χ2v) is 6.23. The van der Waals surface area contributed by atoms with Crippen LogP contribution in [0.25, 0.3) is 0 Å². The minimum absolute atomic E-state index is 0.0353. The molecule has 0 unspecified atom stereocenters. The first kappa shape index (κ1) is 16.3. The molecule has 0 aliphatic rings. The van der Waals surface area contributed by atoms with Gasteiger partial charge in [0.2, 0.25) is 0 Å². The minimum atomic E-state index is -4.56. The Bertz CT molecular complexity index is 609. The van der Waals surface area contributed by atoms with Gasteiger partial charge in [0.1, 0.15) is 5.82 Å². The van der Waals surface area contributed by atoms with Crippen LogP contribution in [0.15, 0.2) is 30.3 Å². The fraction of sp³-hybridized carbons (Fsp3) is 0.286. The van der Waals surface area contributed by atoms with E-state index in [4.69, 9.17) is 11.6 Å². The molecule has 1 N–H and O–H groups in total. The van der Waals surface area contributed by atoms with E-state index in [9.17, 15) is 17.6 Å². The number of hydrogen-bond donors (Lipinski definition) is 1. The molecule has 0 atom stereocenters. The topological polar surface area (TPSA) is 12.0 Å². The van der Waals surface area contributed by atoms with Gasteiger partial charge in [0, 0.05) is 18.0 Å². The summed E-state index contributed by atoms with van der Waals surface area (Å²) in [5.74, 6) is -0.890. The molecular formula is C14H12ClF4NS. The maximum atomic E-state index is 13.0. The highest BCUT2D eigenvalue weighted by Crippen LogP contribution is 2.32. The molecule has 2 rings (SSSR count). The van der Waals surface area contributed by atoms with E-state index in [2.05, 4.69) is 5.32 Å². The summed E-state index contributed by atoms with van der Waals surface area (Å²) in [6.45, 7) is 0.555. The highest BCUT2D eigenvalue weighted by molar-refractivity contribution is 7.16. The van der Waals surface area contributed by atoms with Gasteiger partial charge in [-0.25, -0.2) is 4.39 Å². The van der Waals surface area contributed by atoms with Gasteiger partial charge in [-0.3, -0.25) is 0 Å². The lowest BCUT2D eigenvalue weighted by Gasteiger charge is -2.13. The summed E-state index contributed by atoms with van der Waals surface area (Å²) in [4.78, 5) is 1.06. The van der Waals surface area contributed by atoms with E-state index < -0.39 is 17.6 Å². The van der Waals surface area contributed by atoms with Crippen LogP contribution in [0, 0.1) is 5.82 Å². The molecule has 0 saturated carbocycles. The number of benzene rings is 1. The second kappa shape index (κ2) is 6.77. The van der Waals surface area contributed by atoms with Crippen molar-refractivity contribution >= 4 is 22.9 Å². The van der Waals surface area contributed by atoms with E-state index >= 15 is 0 Å². The van der Waals surface area contributed by atoms with Crippen molar-refractivity contribution in [2.24, 2.45) is 0 Å². The number of rotatable bonds is 5. The van der Waals surface area contributed by atoms with E-state index in [1.807, 2.05) is 6.07 Å². The maximum Gasteiger partial charge on any atom is 0.416 e. The third-order valence-corrected chi connectivity index (χ3v) is 4.16. The van der Waals surface area contributed by atoms with Crippen LogP contribution in [0.5, 0.6) is 0 Å². The zero-order chi connectivity index (χ0) is 15.5. The third kappa shape index (κ3) is 4.69. The van der Waals surface area contributed by atoms with Gasteiger partial charge in [-0.1, -0.05) is 17.7 Å². The number of halogens is 5. The van der Waals surface area contributed by atoms with Crippen molar-refractivity contribution in [2.45, 2.75) is 19.1 Å². The largest absolute Gasteiger partial charge is 0.416 e. The standard InChI is InChI=1S/C14H12ClF4NS/c15-13-4-3-11(21-13)5-6-20-8-9-1-2-10(16)7-12(9)14(17,18)19/h1-4,7,20H,5-6,8H2. The van der Waals surface area contributed by atoms with Crippen molar-refractivity contribution in [1.29, 1.82) is 0 Å². The van der Waals surface area contributed by atoms with Crippen LogP contribution in [0.1, 0.15) is 16.0 Å². The van der Waals surface area contributed by atoms with Crippen molar-refractivity contribution in [2.75, 3.05) is 6.54 Å². The van der Waals surface area contributed by atoms with Gasteiger partial charge >= 0.3 is 6.18 Å². The Balaban J connectivity index is 1.94. The fourth-order valence-corrected chi connectivity index (χ4v) is 2.97. The van der Waals surface area contributed by atoms with E-state index in [1.165, 1.54) is 11.3 Å². The summed E-state index contributed by atoms with van der Waals surface area (Å²) in [5, 5.41) is 2.93. The maximum absolute atomic E-state index is 13.0. The normalized spacial score (nSPS) is 11.9. The van der Waals surface area contributed by atoms with Crippen molar-refractivity contribution in [3.8, 4) is 0 Å². The molecule has 0 bridgehead atoms. The SMILES string of the molecule is Fc1ccc(CNCCc2ccc(Cl)s2)c(C(F)(F)F)c1. The molecule has 21 heavy (non-hydrogen) atoms. The molecule has 1 aromatic carbocycles. The van der Waals surface area contributed by atoms with E-state index in [1.54, 1.807) is 6.07 Å². The Kier molecular flexibility index (Phi) is 5.24. The van der Waals surface area contributed by atoms with Crippen LogP contribution in [-0.2, 0) is 19.1 Å². The zero-order valence-corrected chi connectivity index (χ0v) is 12.4. The Morgan fingerprint density at radius 2 is 1.90 bits per heavy atom. The molecule has 0 aliphatic carbocycles. The smallest absolute Gasteiger partial charge is 0.312 e. The molecule has 0 radical (unpaired) electrons. The van der Waals surface area contributed by atoms with Gasteiger partial charge in [0.15, 0.2) is 0 Å². The Morgan fingerprint density at radius 1 is 1.14 bits per heavy atom. The van der Waals surface area contributed by atoms with Crippen LogP contribution in [0.4, 0.5) is 17.6 Å². The lowest BCUT2D eigenvalue weighted by molar-refractivity contribution is -0.138. The Hall–Kier alpha value is -1.11. The van der Waals surface area contributed by atoms with Gasteiger partial charge in [0.05, 0.1) is 9.90 Å². The third-order valence-electron chi connectivity index (χ3n) is 2.87. The minimum Gasteiger partial charge on any atom is -0.312 e. The Labute approximate surface area is 128 Å². The lowest BCUT2D eigenvalue weighted by atomic mass is 10.1. The van der Waals surface area contributed by atoms with Crippen LogP contribution in [0.2, 0.25) is 4.34 Å². The highest BCUT2D eigenvalue weighted by atomic mass is 35.5. The molecule has 0 saturated heterocycles. The summed E-state index contributed by atoms with van der Waals surface area (Å²) >= 11 is 7.23. The molecule has 2 aromatic rings. The predicted octanol–water partition coefficient (Wildman–Crippen LogP) is 4.89. The highest BCUT2D eigenvalue weighted by Gasteiger charge is 2.33. The molecule has 0 spiro atoms. The average molecular weight is 338 g/mol. The number of alkyl halides is 3. The van der Waals surface area contributed by atoms with Crippen LogP contribution in [-0.4, -0.2) is 6.54 Å². The van der Waals surface area contributed by atoms with Crippen LogP contribution >= 0.6 is 22.9 Å². The quantitative estimate of drug-likeness (QED) is 0.605. The molecule has 114 valence electrons. The first-order chi connectivity index (χ1) is 9.86. The second-order valence-electron chi connectivity index (χ2n) is 4.43. The molecule has 1 nitrogen and oxygen atoms in total. The summed E-state index contributed by atoms with van der Waals surface area (Å²) in [7, 11) is 0. The predicted molar refractivity (Wildman–Crippen MR) is 76.1 cm³/mol. The molecule has 1 heterocycles. The molecule has 0 fully saturated rings. The molecule has 0 amide bonds. The number of hydrogen-bond acceptors (Lipinski definition) is 2. The number of nitrogens with one attached hydrogen (secondary N) is 1. The summed E-state index contributed by atoms with van der Waals surface area (Å²) in [6, 6.07) is 6.38. The molecule has 1 aromatic heterocycles. The summed E-state index contributed by atoms with van der Waals surface area (Å²) in [5.41, 5.74) is -0.901. The first-order valence-corrected chi connectivity index (χ1v) is 7.36. The van der Waals surface area contributed by atoms with Gasteiger partial charge < -0.3 is 5.32 Å². The zero-order valence-electron chi connectivity index (χ0n) is 10.8. The molecule has 0 aliphatic heterocycles. The summed E-state index contributed by atoms with van der Waals surface area (Å²) in [6.07, 6.45) is -3.87. The first-order valence-electron chi connectivity index (χ1n) is 6.17. The average Bonchev–Trinajstić information content (AvgIpc) is 2.81. The van der Waals surface area contributed by atoms with Crippen molar-refractivity contribution < 1.29 is 17.6 Å². The summed E-state index contributed by atoms with van der Waals surface area (Å²) < 4.78 is 52.0. The molecule has 7 heteroatoms. The van der Waals surface area contributed by atoms with Gasteiger partial charge in [-0.05, 0) is 36.2 Å². The van der Waals surface area contributed by atoms with E-state index in [0.29, 0.717) is 23.4 Å². The van der Waals surface area contributed by atoms with Crippen LogP contribution in [0.3, 0.4) is 0 Å². The van der Waals surface area contributed by atoms with Gasteiger partial charge in [-0.2, -0.15) is 13.2 Å². The van der Waals surface area contributed by atoms with Crippen molar-refractivity contribution in [1.82, 2.24) is 5.32 Å². The van der Waals surface area contributed by atoms with Crippen molar-refractivity contribution in [3.05, 3.63) is 56.5 Å². The van der Waals surface area contributed by atoms with Gasteiger partial charge in [0.25, 0.3) is 0 Å². The lowest BCUT2D eigenvalue weighted by Crippen LogP contribution is -2.19. The monoisotopic (exact) mass is 337 g/mol. The van der Waals surface area contributed by atoms with Gasteiger partial charge in [-0.15, -0.1) is 11.3 Å². The van der Waals surface area contributed by atoms with Crippen LogP contribution < -0.4 is 5.32 Å². The van der Waals surface area contributed by atoms with E-state index in [0.717, 1.165) is 17.0 Å².